The van der Waals surface area contributed by atoms with Crippen molar-refractivity contribution in [2.75, 3.05) is 6.54 Å². The van der Waals surface area contributed by atoms with Gasteiger partial charge in [-0.05, 0) is 37.9 Å². The van der Waals surface area contributed by atoms with Crippen LogP contribution in [0, 0.1) is 0 Å². The smallest absolute Gasteiger partial charge is 0.0512 e. The molecule has 0 aliphatic rings. The molecule has 0 radical (unpaired) electrons. The molecule has 0 aliphatic carbocycles. The van der Waals surface area contributed by atoms with Crippen LogP contribution in [0.15, 0.2) is 28.7 Å². The Hall–Kier alpha value is -0.380. The molecule has 2 N–H and O–H groups in total. The number of aliphatic hydroxyl groups is 1. The zero-order valence-corrected chi connectivity index (χ0v) is 10.6. The van der Waals surface area contributed by atoms with E-state index >= 15 is 0 Å². The van der Waals surface area contributed by atoms with Crippen LogP contribution in [0.5, 0.6) is 0 Å². The summed E-state index contributed by atoms with van der Waals surface area (Å²) in [4.78, 5) is 0. The van der Waals surface area contributed by atoms with E-state index in [-0.39, 0.29) is 6.10 Å². The molecule has 0 amide bonds. The molecule has 0 aromatic heterocycles. The molecule has 0 saturated carbocycles. The van der Waals surface area contributed by atoms with Gasteiger partial charge >= 0.3 is 0 Å². The SMILES string of the molecule is CC(O)CCCNCc1ccccc1Br. The van der Waals surface area contributed by atoms with Crippen molar-refractivity contribution >= 4 is 15.9 Å². The lowest BCUT2D eigenvalue weighted by Gasteiger charge is -2.07. The third-order valence-electron chi connectivity index (χ3n) is 2.25. The average Bonchev–Trinajstić information content (AvgIpc) is 2.20. The van der Waals surface area contributed by atoms with E-state index in [4.69, 9.17) is 5.11 Å². The third-order valence-corrected chi connectivity index (χ3v) is 3.02. The van der Waals surface area contributed by atoms with Gasteiger partial charge in [0.25, 0.3) is 0 Å². The van der Waals surface area contributed by atoms with E-state index in [2.05, 4.69) is 27.3 Å². The molecule has 15 heavy (non-hydrogen) atoms. The summed E-state index contributed by atoms with van der Waals surface area (Å²) in [5.41, 5.74) is 1.27. The van der Waals surface area contributed by atoms with Gasteiger partial charge in [-0.2, -0.15) is 0 Å². The molecular weight excluding hydrogens is 254 g/mol. The van der Waals surface area contributed by atoms with Crippen molar-refractivity contribution in [3.8, 4) is 0 Å². The summed E-state index contributed by atoms with van der Waals surface area (Å²) in [5.74, 6) is 0. The molecule has 0 fully saturated rings. The molecule has 0 aliphatic heterocycles. The fourth-order valence-corrected chi connectivity index (χ4v) is 1.81. The molecule has 0 heterocycles. The fraction of sp³-hybridized carbons (Fsp3) is 0.500. The first-order valence-corrected chi connectivity index (χ1v) is 6.11. The summed E-state index contributed by atoms with van der Waals surface area (Å²) < 4.78 is 1.15. The number of halogens is 1. The summed E-state index contributed by atoms with van der Waals surface area (Å²) in [6.45, 7) is 3.65. The van der Waals surface area contributed by atoms with Crippen molar-refractivity contribution < 1.29 is 5.11 Å². The monoisotopic (exact) mass is 271 g/mol. The maximum Gasteiger partial charge on any atom is 0.0512 e. The quantitative estimate of drug-likeness (QED) is 0.780. The van der Waals surface area contributed by atoms with Gasteiger partial charge in [0, 0.05) is 11.0 Å². The van der Waals surface area contributed by atoms with Crippen molar-refractivity contribution in [3.05, 3.63) is 34.3 Å². The number of rotatable bonds is 6. The van der Waals surface area contributed by atoms with Crippen LogP contribution in [-0.2, 0) is 6.54 Å². The van der Waals surface area contributed by atoms with Gasteiger partial charge in [0.1, 0.15) is 0 Å². The molecule has 1 rings (SSSR count). The first-order valence-electron chi connectivity index (χ1n) is 5.32. The molecule has 1 atom stereocenters. The van der Waals surface area contributed by atoms with Crippen LogP contribution >= 0.6 is 15.9 Å². The van der Waals surface area contributed by atoms with E-state index in [1.165, 1.54) is 5.56 Å². The van der Waals surface area contributed by atoms with Crippen LogP contribution in [-0.4, -0.2) is 17.8 Å². The summed E-state index contributed by atoms with van der Waals surface area (Å²) >= 11 is 3.51. The average molecular weight is 272 g/mol. The molecular formula is C12H18BrNO. The van der Waals surface area contributed by atoms with Gasteiger partial charge < -0.3 is 10.4 Å². The minimum atomic E-state index is -0.185. The number of hydrogen-bond acceptors (Lipinski definition) is 2. The molecule has 1 unspecified atom stereocenters. The molecule has 1 aromatic carbocycles. The summed E-state index contributed by atoms with van der Waals surface area (Å²) in [7, 11) is 0. The molecule has 0 bridgehead atoms. The summed E-state index contributed by atoms with van der Waals surface area (Å²) in [5, 5.41) is 12.4. The van der Waals surface area contributed by atoms with Crippen LogP contribution < -0.4 is 5.32 Å². The van der Waals surface area contributed by atoms with Crippen LogP contribution in [0.25, 0.3) is 0 Å². The van der Waals surface area contributed by atoms with Crippen molar-refractivity contribution in [2.24, 2.45) is 0 Å². The van der Waals surface area contributed by atoms with Crippen molar-refractivity contribution in [1.29, 1.82) is 0 Å². The zero-order valence-electron chi connectivity index (χ0n) is 9.04. The van der Waals surface area contributed by atoms with Crippen LogP contribution in [0.3, 0.4) is 0 Å². The first-order chi connectivity index (χ1) is 7.20. The van der Waals surface area contributed by atoms with Crippen molar-refractivity contribution in [3.63, 3.8) is 0 Å². The highest BCUT2D eigenvalue weighted by Gasteiger charge is 1.98. The second-order valence-corrected chi connectivity index (χ2v) is 4.61. The Morgan fingerprint density at radius 2 is 2.13 bits per heavy atom. The molecule has 2 nitrogen and oxygen atoms in total. The van der Waals surface area contributed by atoms with E-state index in [0.29, 0.717) is 0 Å². The predicted octanol–water partition coefficient (Wildman–Crippen LogP) is 2.70. The Balaban J connectivity index is 2.18. The molecule has 0 saturated heterocycles. The third kappa shape index (κ3) is 5.30. The van der Waals surface area contributed by atoms with Gasteiger partial charge in [0.05, 0.1) is 6.10 Å². The fourth-order valence-electron chi connectivity index (χ4n) is 1.39. The summed E-state index contributed by atoms with van der Waals surface area (Å²) in [6.07, 6.45) is 1.70. The highest BCUT2D eigenvalue weighted by molar-refractivity contribution is 9.10. The van der Waals surface area contributed by atoms with Gasteiger partial charge in [-0.3, -0.25) is 0 Å². The lowest BCUT2D eigenvalue weighted by Crippen LogP contribution is -2.16. The zero-order chi connectivity index (χ0) is 11.1. The molecule has 84 valence electrons. The Morgan fingerprint density at radius 3 is 2.80 bits per heavy atom. The van der Waals surface area contributed by atoms with E-state index in [1.807, 2.05) is 25.1 Å². The Labute approximate surface area is 99.8 Å². The Bertz CT molecular complexity index is 289. The Morgan fingerprint density at radius 1 is 1.40 bits per heavy atom. The maximum atomic E-state index is 9.08. The number of benzene rings is 1. The second kappa shape index (κ2) is 6.99. The standard InChI is InChI=1S/C12H18BrNO/c1-10(15)5-4-8-14-9-11-6-2-3-7-12(11)13/h2-3,6-7,10,14-15H,4-5,8-9H2,1H3. The topological polar surface area (TPSA) is 32.3 Å². The van der Waals surface area contributed by atoms with E-state index in [9.17, 15) is 0 Å². The van der Waals surface area contributed by atoms with Gasteiger partial charge in [0.15, 0.2) is 0 Å². The summed E-state index contributed by atoms with van der Waals surface area (Å²) in [6, 6.07) is 8.21. The van der Waals surface area contributed by atoms with Crippen LogP contribution in [0.2, 0.25) is 0 Å². The lowest BCUT2D eigenvalue weighted by atomic mass is 10.2. The van der Waals surface area contributed by atoms with Gasteiger partial charge in [0.2, 0.25) is 0 Å². The number of aliphatic hydroxyl groups excluding tert-OH is 1. The minimum absolute atomic E-state index is 0.185. The lowest BCUT2D eigenvalue weighted by molar-refractivity contribution is 0.181. The van der Waals surface area contributed by atoms with Gasteiger partial charge in [-0.15, -0.1) is 0 Å². The van der Waals surface area contributed by atoms with E-state index in [1.54, 1.807) is 0 Å². The second-order valence-electron chi connectivity index (χ2n) is 3.76. The maximum absolute atomic E-state index is 9.08. The van der Waals surface area contributed by atoms with Crippen molar-refractivity contribution in [2.45, 2.75) is 32.4 Å². The van der Waals surface area contributed by atoms with Crippen LogP contribution in [0.1, 0.15) is 25.3 Å². The predicted molar refractivity (Wildman–Crippen MR) is 66.8 cm³/mol. The van der Waals surface area contributed by atoms with E-state index in [0.717, 1.165) is 30.4 Å². The number of hydrogen-bond donors (Lipinski definition) is 2. The number of nitrogens with one attached hydrogen (secondary N) is 1. The largest absolute Gasteiger partial charge is 0.393 e. The minimum Gasteiger partial charge on any atom is -0.393 e. The highest BCUT2D eigenvalue weighted by Crippen LogP contribution is 2.15. The van der Waals surface area contributed by atoms with Gasteiger partial charge in [-0.25, -0.2) is 0 Å². The molecule has 1 aromatic rings. The Kier molecular flexibility index (Phi) is 5.91. The highest BCUT2D eigenvalue weighted by atomic mass is 79.9. The normalized spacial score (nSPS) is 12.7. The van der Waals surface area contributed by atoms with Crippen LogP contribution in [0.4, 0.5) is 0 Å². The van der Waals surface area contributed by atoms with Gasteiger partial charge in [-0.1, -0.05) is 34.1 Å². The molecule has 3 heteroatoms. The van der Waals surface area contributed by atoms with Crippen molar-refractivity contribution in [1.82, 2.24) is 5.32 Å². The molecule has 0 spiro atoms. The first kappa shape index (κ1) is 12.7. The van der Waals surface area contributed by atoms with E-state index < -0.39 is 0 Å².